The van der Waals surface area contributed by atoms with E-state index < -0.39 is 0 Å². The van der Waals surface area contributed by atoms with Gasteiger partial charge in [-0.15, -0.1) is 0 Å². The lowest BCUT2D eigenvalue weighted by Crippen LogP contribution is -2.16. The number of nitrogens with one attached hydrogen (secondary N) is 1. The summed E-state index contributed by atoms with van der Waals surface area (Å²) in [7, 11) is 3.97. The quantitative estimate of drug-likeness (QED) is 0.906. The molecule has 0 unspecified atom stereocenters. The van der Waals surface area contributed by atoms with E-state index in [0.29, 0.717) is 0 Å². The first-order chi connectivity index (χ1) is 9.11. The molecule has 0 aliphatic heterocycles. The van der Waals surface area contributed by atoms with Gasteiger partial charge in [-0.25, -0.2) is 0 Å². The van der Waals surface area contributed by atoms with Crippen LogP contribution in [0.4, 0.5) is 5.69 Å². The van der Waals surface area contributed by atoms with Gasteiger partial charge in [0.2, 0.25) is 0 Å². The second-order valence-electron chi connectivity index (χ2n) is 4.66. The topological polar surface area (TPSA) is 28.4 Å². The minimum Gasteiger partial charge on any atom is -0.469 e. The van der Waals surface area contributed by atoms with Crippen molar-refractivity contribution in [1.29, 1.82) is 0 Å². The van der Waals surface area contributed by atoms with Gasteiger partial charge in [0, 0.05) is 36.4 Å². The molecule has 4 heteroatoms. The maximum Gasteiger partial charge on any atom is 0.105 e. The van der Waals surface area contributed by atoms with E-state index in [4.69, 9.17) is 16.0 Å². The summed E-state index contributed by atoms with van der Waals surface area (Å²) in [4.78, 5) is 2.16. The number of aryl methyl sites for hydroxylation is 1. The molecule has 0 aliphatic rings. The zero-order valence-corrected chi connectivity index (χ0v) is 12.3. The highest BCUT2D eigenvalue weighted by Gasteiger charge is 2.08. The van der Waals surface area contributed by atoms with Crippen LogP contribution in [-0.4, -0.2) is 14.1 Å². The first-order valence-electron chi connectivity index (χ1n) is 6.29. The van der Waals surface area contributed by atoms with Crippen LogP contribution in [0.1, 0.15) is 16.9 Å². The Kier molecular flexibility index (Phi) is 4.51. The Morgan fingerprint density at radius 1 is 1.26 bits per heavy atom. The normalized spacial score (nSPS) is 10.7. The van der Waals surface area contributed by atoms with E-state index in [1.165, 1.54) is 5.56 Å². The predicted octanol–water partition coefficient (Wildman–Crippen LogP) is 3.60. The van der Waals surface area contributed by atoms with Gasteiger partial charge in [-0.2, -0.15) is 0 Å². The number of furan rings is 1. The molecule has 2 aromatic rings. The second kappa shape index (κ2) is 6.13. The fourth-order valence-corrected chi connectivity index (χ4v) is 2.27. The molecule has 0 amide bonds. The zero-order valence-electron chi connectivity index (χ0n) is 11.5. The van der Waals surface area contributed by atoms with Gasteiger partial charge in [-0.3, -0.25) is 0 Å². The molecule has 0 saturated carbocycles. The standard InChI is InChI=1S/C15H19ClN2O/c1-11-13(6-7-19-11)10-18(3)14-5-4-12(9-17-2)15(16)8-14/h4-8,17H,9-10H2,1-3H3. The summed E-state index contributed by atoms with van der Waals surface area (Å²) in [5, 5.41) is 3.90. The van der Waals surface area contributed by atoms with Crippen LogP contribution in [0.15, 0.2) is 34.9 Å². The van der Waals surface area contributed by atoms with Crippen molar-refractivity contribution in [3.63, 3.8) is 0 Å². The fourth-order valence-electron chi connectivity index (χ4n) is 2.03. The van der Waals surface area contributed by atoms with Crippen molar-refractivity contribution in [3.05, 3.63) is 52.4 Å². The second-order valence-corrected chi connectivity index (χ2v) is 5.07. The van der Waals surface area contributed by atoms with Crippen LogP contribution in [0.3, 0.4) is 0 Å². The first-order valence-corrected chi connectivity index (χ1v) is 6.66. The van der Waals surface area contributed by atoms with Gasteiger partial charge in [0.1, 0.15) is 5.76 Å². The van der Waals surface area contributed by atoms with Crippen LogP contribution in [0.25, 0.3) is 0 Å². The molecule has 0 bridgehead atoms. The average molecular weight is 279 g/mol. The number of anilines is 1. The maximum atomic E-state index is 6.28. The molecule has 0 atom stereocenters. The van der Waals surface area contributed by atoms with Crippen molar-refractivity contribution in [1.82, 2.24) is 5.32 Å². The van der Waals surface area contributed by atoms with Crippen molar-refractivity contribution in [2.75, 3.05) is 19.0 Å². The summed E-state index contributed by atoms with van der Waals surface area (Å²) in [5.74, 6) is 0.963. The SMILES string of the molecule is CNCc1ccc(N(C)Cc2ccoc2C)cc1Cl. The van der Waals surface area contributed by atoms with Gasteiger partial charge in [0.25, 0.3) is 0 Å². The molecule has 0 fully saturated rings. The van der Waals surface area contributed by atoms with Gasteiger partial charge < -0.3 is 14.6 Å². The Bertz CT molecular complexity index is 551. The summed E-state index contributed by atoms with van der Waals surface area (Å²) >= 11 is 6.28. The zero-order chi connectivity index (χ0) is 13.8. The van der Waals surface area contributed by atoms with E-state index in [0.717, 1.165) is 35.1 Å². The Hall–Kier alpha value is -1.45. The van der Waals surface area contributed by atoms with Crippen LogP contribution >= 0.6 is 11.6 Å². The first kappa shape index (κ1) is 14.0. The average Bonchev–Trinajstić information content (AvgIpc) is 2.78. The lowest BCUT2D eigenvalue weighted by atomic mass is 10.1. The molecule has 102 valence electrons. The van der Waals surface area contributed by atoms with Crippen molar-refractivity contribution in [3.8, 4) is 0 Å². The van der Waals surface area contributed by atoms with E-state index in [1.54, 1.807) is 6.26 Å². The number of hydrogen-bond donors (Lipinski definition) is 1. The van der Waals surface area contributed by atoms with E-state index in [-0.39, 0.29) is 0 Å². The molecule has 19 heavy (non-hydrogen) atoms. The summed E-state index contributed by atoms with van der Waals surface area (Å²) in [6, 6.07) is 8.16. The molecule has 1 N–H and O–H groups in total. The Balaban J connectivity index is 2.13. The molecule has 3 nitrogen and oxygen atoms in total. The lowest BCUT2D eigenvalue weighted by molar-refractivity contribution is 0.529. The van der Waals surface area contributed by atoms with Gasteiger partial charge >= 0.3 is 0 Å². The number of hydrogen-bond acceptors (Lipinski definition) is 3. The van der Waals surface area contributed by atoms with Crippen LogP contribution in [0, 0.1) is 6.92 Å². The third-order valence-electron chi connectivity index (χ3n) is 3.22. The molecular weight excluding hydrogens is 260 g/mol. The molecule has 1 aromatic carbocycles. The Morgan fingerprint density at radius 2 is 2.05 bits per heavy atom. The molecular formula is C15H19ClN2O. The van der Waals surface area contributed by atoms with E-state index in [9.17, 15) is 0 Å². The number of rotatable bonds is 5. The molecule has 0 spiro atoms. The van der Waals surface area contributed by atoms with E-state index in [2.05, 4.69) is 29.4 Å². The van der Waals surface area contributed by atoms with E-state index in [1.807, 2.05) is 26.1 Å². The van der Waals surface area contributed by atoms with Crippen molar-refractivity contribution < 1.29 is 4.42 Å². The van der Waals surface area contributed by atoms with Gasteiger partial charge in [0.15, 0.2) is 0 Å². The summed E-state index contributed by atoms with van der Waals surface area (Å²) in [6.45, 7) is 3.57. The minimum absolute atomic E-state index is 0.781. The van der Waals surface area contributed by atoms with Crippen LogP contribution < -0.4 is 10.2 Å². The molecule has 0 saturated heterocycles. The molecule has 0 radical (unpaired) electrons. The van der Waals surface area contributed by atoms with Crippen molar-refractivity contribution >= 4 is 17.3 Å². The van der Waals surface area contributed by atoms with Crippen LogP contribution in [0.5, 0.6) is 0 Å². The molecule has 1 aromatic heterocycles. The smallest absolute Gasteiger partial charge is 0.105 e. The molecule has 1 heterocycles. The molecule has 0 aliphatic carbocycles. The summed E-state index contributed by atoms with van der Waals surface area (Å²) in [6.07, 6.45) is 1.72. The highest BCUT2D eigenvalue weighted by atomic mass is 35.5. The van der Waals surface area contributed by atoms with Crippen molar-refractivity contribution in [2.24, 2.45) is 0 Å². The highest BCUT2D eigenvalue weighted by Crippen LogP contribution is 2.24. The largest absolute Gasteiger partial charge is 0.469 e. The number of nitrogens with zero attached hydrogens (tertiary/aromatic N) is 1. The van der Waals surface area contributed by atoms with Crippen molar-refractivity contribution in [2.45, 2.75) is 20.0 Å². The number of benzene rings is 1. The maximum absolute atomic E-state index is 6.28. The Morgan fingerprint density at radius 3 is 2.63 bits per heavy atom. The van der Waals surface area contributed by atoms with Crippen LogP contribution in [0.2, 0.25) is 5.02 Å². The van der Waals surface area contributed by atoms with E-state index >= 15 is 0 Å². The summed E-state index contributed by atoms with van der Waals surface area (Å²) < 4.78 is 5.32. The van der Waals surface area contributed by atoms with Gasteiger partial charge in [-0.1, -0.05) is 17.7 Å². The lowest BCUT2D eigenvalue weighted by Gasteiger charge is -2.20. The molecule has 2 rings (SSSR count). The predicted molar refractivity (Wildman–Crippen MR) is 79.8 cm³/mol. The van der Waals surface area contributed by atoms with Gasteiger partial charge in [0.05, 0.1) is 6.26 Å². The minimum atomic E-state index is 0.781. The van der Waals surface area contributed by atoms with Gasteiger partial charge in [-0.05, 0) is 37.7 Å². The third kappa shape index (κ3) is 3.31. The number of halogens is 1. The summed E-state index contributed by atoms with van der Waals surface area (Å²) in [5.41, 5.74) is 3.41. The monoisotopic (exact) mass is 278 g/mol. The third-order valence-corrected chi connectivity index (χ3v) is 3.57. The highest BCUT2D eigenvalue weighted by molar-refractivity contribution is 6.31. The van der Waals surface area contributed by atoms with Crippen LogP contribution in [-0.2, 0) is 13.1 Å². The Labute approximate surface area is 119 Å². The fraction of sp³-hybridized carbons (Fsp3) is 0.333.